The van der Waals surface area contributed by atoms with Crippen LogP contribution >= 0.6 is 27.5 Å². The van der Waals surface area contributed by atoms with Crippen molar-refractivity contribution in [1.29, 1.82) is 0 Å². The van der Waals surface area contributed by atoms with Crippen molar-refractivity contribution in [2.75, 3.05) is 25.5 Å². The van der Waals surface area contributed by atoms with E-state index in [1.165, 1.54) is 0 Å². The summed E-state index contributed by atoms with van der Waals surface area (Å²) in [4.78, 5) is 13.7. The lowest BCUT2D eigenvalue weighted by Gasteiger charge is -2.19. The van der Waals surface area contributed by atoms with Gasteiger partial charge in [-0.2, -0.15) is 0 Å². The summed E-state index contributed by atoms with van der Waals surface area (Å²) < 4.78 is 6.44. The van der Waals surface area contributed by atoms with Gasteiger partial charge in [0.15, 0.2) is 0 Å². The molecule has 6 heteroatoms. The Kier molecular flexibility index (Phi) is 6.30. The van der Waals surface area contributed by atoms with Crippen LogP contribution in [0, 0.1) is 6.92 Å². The number of carbonyl (C=O) groups is 1. The van der Waals surface area contributed by atoms with Crippen LogP contribution in [0.4, 0.5) is 10.5 Å². The SMILES string of the molecule is Cc1ccc(NC(=O)N(C)CCOc2ccc(Cl)cc2)c(Br)c1. The molecule has 0 saturated carbocycles. The molecule has 1 N–H and O–H groups in total. The second-order valence-corrected chi connectivity index (χ2v) is 6.43. The Morgan fingerprint density at radius 2 is 1.96 bits per heavy atom. The largest absolute Gasteiger partial charge is 0.492 e. The summed E-state index contributed by atoms with van der Waals surface area (Å²) >= 11 is 9.26. The molecular formula is C17H18BrClN2O2. The fraction of sp³-hybridized carbons (Fsp3) is 0.235. The molecule has 0 fully saturated rings. The lowest BCUT2D eigenvalue weighted by molar-refractivity contribution is 0.207. The molecule has 0 unspecified atom stereocenters. The highest BCUT2D eigenvalue weighted by molar-refractivity contribution is 9.10. The smallest absolute Gasteiger partial charge is 0.321 e. The molecule has 23 heavy (non-hydrogen) atoms. The van der Waals surface area contributed by atoms with Gasteiger partial charge >= 0.3 is 6.03 Å². The van der Waals surface area contributed by atoms with Crippen molar-refractivity contribution in [3.8, 4) is 5.75 Å². The monoisotopic (exact) mass is 396 g/mol. The van der Waals surface area contributed by atoms with Crippen LogP contribution < -0.4 is 10.1 Å². The Balaban J connectivity index is 1.81. The van der Waals surface area contributed by atoms with Crippen molar-refractivity contribution < 1.29 is 9.53 Å². The molecule has 0 bridgehead atoms. The number of halogens is 2. The van der Waals surface area contributed by atoms with E-state index in [1.54, 1.807) is 36.2 Å². The highest BCUT2D eigenvalue weighted by Gasteiger charge is 2.10. The Morgan fingerprint density at radius 1 is 1.26 bits per heavy atom. The van der Waals surface area contributed by atoms with Gasteiger partial charge in [-0.25, -0.2) is 4.79 Å². The number of hydrogen-bond donors (Lipinski definition) is 1. The zero-order chi connectivity index (χ0) is 16.8. The number of amides is 2. The average molecular weight is 398 g/mol. The summed E-state index contributed by atoms with van der Waals surface area (Å²) in [6.45, 7) is 2.87. The normalized spacial score (nSPS) is 10.3. The molecule has 0 aliphatic heterocycles. The van der Waals surface area contributed by atoms with E-state index in [2.05, 4.69) is 21.2 Å². The highest BCUT2D eigenvalue weighted by Crippen LogP contribution is 2.23. The highest BCUT2D eigenvalue weighted by atomic mass is 79.9. The van der Waals surface area contributed by atoms with Gasteiger partial charge in [0.2, 0.25) is 0 Å². The van der Waals surface area contributed by atoms with E-state index in [0.717, 1.165) is 21.5 Å². The molecule has 2 rings (SSSR count). The van der Waals surface area contributed by atoms with Crippen LogP contribution in [0.5, 0.6) is 5.75 Å². The molecular weight excluding hydrogens is 380 g/mol. The number of nitrogens with zero attached hydrogens (tertiary/aromatic N) is 1. The van der Waals surface area contributed by atoms with Gasteiger partial charge < -0.3 is 15.0 Å². The van der Waals surface area contributed by atoms with E-state index in [4.69, 9.17) is 16.3 Å². The number of hydrogen-bond acceptors (Lipinski definition) is 2. The third kappa shape index (κ3) is 5.44. The van der Waals surface area contributed by atoms with Crippen LogP contribution in [0.3, 0.4) is 0 Å². The second-order valence-electron chi connectivity index (χ2n) is 5.14. The molecule has 0 radical (unpaired) electrons. The summed E-state index contributed by atoms with van der Waals surface area (Å²) in [6.07, 6.45) is 0. The molecule has 0 spiro atoms. The maximum Gasteiger partial charge on any atom is 0.321 e. The van der Waals surface area contributed by atoms with Gasteiger partial charge in [-0.3, -0.25) is 0 Å². The fourth-order valence-electron chi connectivity index (χ4n) is 1.86. The summed E-state index contributed by atoms with van der Waals surface area (Å²) in [5, 5.41) is 3.52. The Hall–Kier alpha value is -1.72. The van der Waals surface area contributed by atoms with E-state index in [1.807, 2.05) is 25.1 Å². The molecule has 0 atom stereocenters. The number of aryl methyl sites for hydroxylation is 1. The maximum atomic E-state index is 12.2. The molecule has 4 nitrogen and oxygen atoms in total. The topological polar surface area (TPSA) is 41.6 Å². The minimum Gasteiger partial charge on any atom is -0.492 e. The minimum absolute atomic E-state index is 0.186. The van der Waals surface area contributed by atoms with Crippen LogP contribution in [-0.4, -0.2) is 31.1 Å². The lowest BCUT2D eigenvalue weighted by atomic mass is 10.2. The first kappa shape index (κ1) is 17.6. The van der Waals surface area contributed by atoms with Gasteiger partial charge in [-0.1, -0.05) is 17.7 Å². The van der Waals surface area contributed by atoms with Crippen molar-refractivity contribution in [3.63, 3.8) is 0 Å². The maximum absolute atomic E-state index is 12.2. The van der Waals surface area contributed by atoms with Gasteiger partial charge in [0, 0.05) is 16.5 Å². The molecule has 0 heterocycles. The van der Waals surface area contributed by atoms with Crippen LogP contribution in [0.1, 0.15) is 5.56 Å². The van der Waals surface area contributed by atoms with Gasteiger partial charge in [-0.05, 0) is 64.8 Å². The summed E-state index contributed by atoms with van der Waals surface area (Å²) in [5.74, 6) is 0.726. The first-order chi connectivity index (χ1) is 11.0. The predicted octanol–water partition coefficient (Wildman–Crippen LogP) is 4.95. The van der Waals surface area contributed by atoms with Crippen LogP contribution in [0.25, 0.3) is 0 Å². The van der Waals surface area contributed by atoms with Gasteiger partial charge in [-0.15, -0.1) is 0 Å². The first-order valence-electron chi connectivity index (χ1n) is 7.12. The van der Waals surface area contributed by atoms with Crippen LogP contribution in [0.2, 0.25) is 5.02 Å². The van der Waals surface area contributed by atoms with Crippen molar-refractivity contribution in [3.05, 3.63) is 57.5 Å². The lowest BCUT2D eigenvalue weighted by Crippen LogP contribution is -2.34. The predicted molar refractivity (Wildman–Crippen MR) is 97.5 cm³/mol. The number of carbonyl (C=O) groups excluding carboxylic acids is 1. The molecule has 0 aromatic heterocycles. The van der Waals surface area contributed by atoms with Gasteiger partial charge in [0.25, 0.3) is 0 Å². The summed E-state index contributed by atoms with van der Waals surface area (Å²) in [7, 11) is 1.72. The zero-order valence-electron chi connectivity index (χ0n) is 13.0. The molecule has 122 valence electrons. The summed E-state index contributed by atoms with van der Waals surface area (Å²) in [6, 6.07) is 12.7. The molecule has 2 amide bonds. The standard InChI is InChI=1S/C17H18BrClN2O2/c1-12-3-8-16(15(18)11-12)20-17(22)21(2)9-10-23-14-6-4-13(19)5-7-14/h3-8,11H,9-10H2,1-2H3,(H,20,22). The Labute approximate surface area is 149 Å². The number of urea groups is 1. The summed E-state index contributed by atoms with van der Waals surface area (Å²) in [5.41, 5.74) is 1.87. The second kappa shape index (κ2) is 8.22. The van der Waals surface area contributed by atoms with E-state index < -0.39 is 0 Å². The molecule has 0 saturated heterocycles. The number of nitrogens with one attached hydrogen (secondary N) is 1. The molecule has 2 aromatic carbocycles. The number of likely N-dealkylation sites (N-methyl/N-ethyl adjacent to an activating group) is 1. The van der Waals surface area contributed by atoms with Crippen LogP contribution in [-0.2, 0) is 0 Å². The quantitative estimate of drug-likeness (QED) is 0.775. The van der Waals surface area contributed by atoms with E-state index in [0.29, 0.717) is 18.2 Å². The Morgan fingerprint density at radius 3 is 2.61 bits per heavy atom. The molecule has 0 aliphatic rings. The van der Waals surface area contributed by atoms with Crippen molar-refractivity contribution >= 4 is 39.2 Å². The molecule has 2 aromatic rings. The fourth-order valence-corrected chi connectivity index (χ4v) is 2.58. The third-order valence-electron chi connectivity index (χ3n) is 3.22. The first-order valence-corrected chi connectivity index (χ1v) is 8.29. The third-order valence-corrected chi connectivity index (χ3v) is 4.13. The van der Waals surface area contributed by atoms with E-state index >= 15 is 0 Å². The Bertz CT molecular complexity index is 677. The minimum atomic E-state index is -0.186. The number of rotatable bonds is 5. The number of anilines is 1. The van der Waals surface area contributed by atoms with E-state index in [-0.39, 0.29) is 6.03 Å². The van der Waals surface area contributed by atoms with Gasteiger partial charge in [0.05, 0.1) is 12.2 Å². The zero-order valence-corrected chi connectivity index (χ0v) is 15.3. The van der Waals surface area contributed by atoms with Gasteiger partial charge in [0.1, 0.15) is 12.4 Å². The van der Waals surface area contributed by atoms with Crippen LogP contribution in [0.15, 0.2) is 46.9 Å². The number of ether oxygens (including phenoxy) is 1. The average Bonchev–Trinajstić information content (AvgIpc) is 2.51. The van der Waals surface area contributed by atoms with Crippen molar-refractivity contribution in [2.45, 2.75) is 6.92 Å². The van der Waals surface area contributed by atoms with E-state index in [9.17, 15) is 4.79 Å². The molecule has 0 aliphatic carbocycles. The van der Waals surface area contributed by atoms with Crippen molar-refractivity contribution in [1.82, 2.24) is 4.90 Å². The van der Waals surface area contributed by atoms with Crippen molar-refractivity contribution in [2.24, 2.45) is 0 Å². The number of benzene rings is 2.